The summed E-state index contributed by atoms with van der Waals surface area (Å²) in [5.41, 5.74) is 0.951. The lowest BCUT2D eigenvalue weighted by Gasteiger charge is -2.23. The summed E-state index contributed by atoms with van der Waals surface area (Å²) in [7, 11) is 0. The highest BCUT2D eigenvalue weighted by molar-refractivity contribution is 5.39. The molecule has 1 aromatic carbocycles. The maximum absolute atomic E-state index is 10.8. The van der Waals surface area contributed by atoms with E-state index in [0.717, 1.165) is 31.5 Å². The molecule has 1 unspecified atom stereocenters. The van der Waals surface area contributed by atoms with Gasteiger partial charge in [-0.05, 0) is 19.4 Å². The SMILES string of the molecule is O=[N+]([O-])c1ccccc1CNC1CCCNC1. The van der Waals surface area contributed by atoms with Gasteiger partial charge in [0.05, 0.1) is 4.92 Å². The third-order valence-electron chi connectivity index (χ3n) is 3.07. The van der Waals surface area contributed by atoms with Gasteiger partial charge in [0.2, 0.25) is 0 Å². The number of hydrogen-bond donors (Lipinski definition) is 2. The van der Waals surface area contributed by atoms with Gasteiger partial charge in [-0.2, -0.15) is 0 Å². The van der Waals surface area contributed by atoms with Gasteiger partial charge >= 0.3 is 0 Å². The minimum atomic E-state index is -0.323. The molecule has 1 saturated heterocycles. The molecule has 0 radical (unpaired) electrons. The van der Waals surface area contributed by atoms with Crippen LogP contribution in [0.4, 0.5) is 5.69 Å². The molecular formula is C12H17N3O2. The van der Waals surface area contributed by atoms with E-state index in [9.17, 15) is 10.1 Å². The van der Waals surface area contributed by atoms with E-state index < -0.39 is 0 Å². The van der Waals surface area contributed by atoms with Crippen molar-refractivity contribution in [2.24, 2.45) is 0 Å². The number of piperidine rings is 1. The van der Waals surface area contributed by atoms with Crippen molar-refractivity contribution in [3.63, 3.8) is 0 Å². The van der Waals surface area contributed by atoms with Gasteiger partial charge in [0.15, 0.2) is 0 Å². The lowest BCUT2D eigenvalue weighted by Crippen LogP contribution is -2.42. The van der Waals surface area contributed by atoms with Crippen LogP contribution in [0.25, 0.3) is 0 Å². The molecule has 2 rings (SSSR count). The average molecular weight is 235 g/mol. The molecule has 0 amide bonds. The van der Waals surface area contributed by atoms with Crippen LogP contribution in [-0.4, -0.2) is 24.1 Å². The number of para-hydroxylation sites is 1. The van der Waals surface area contributed by atoms with E-state index in [4.69, 9.17) is 0 Å². The molecule has 0 saturated carbocycles. The molecule has 5 nitrogen and oxygen atoms in total. The molecule has 1 aliphatic heterocycles. The Bertz CT molecular complexity index is 389. The summed E-state index contributed by atoms with van der Waals surface area (Å²) in [6, 6.07) is 7.31. The van der Waals surface area contributed by atoms with E-state index >= 15 is 0 Å². The number of nitrogens with one attached hydrogen (secondary N) is 2. The molecular weight excluding hydrogens is 218 g/mol. The summed E-state index contributed by atoms with van der Waals surface area (Å²) in [6.07, 6.45) is 2.29. The van der Waals surface area contributed by atoms with Crippen molar-refractivity contribution in [1.29, 1.82) is 0 Å². The van der Waals surface area contributed by atoms with Gasteiger partial charge in [0, 0.05) is 30.8 Å². The van der Waals surface area contributed by atoms with Crippen molar-refractivity contribution >= 4 is 5.69 Å². The lowest BCUT2D eigenvalue weighted by molar-refractivity contribution is -0.385. The largest absolute Gasteiger partial charge is 0.315 e. The second kappa shape index (κ2) is 5.75. The van der Waals surface area contributed by atoms with Crippen LogP contribution in [0.2, 0.25) is 0 Å². The van der Waals surface area contributed by atoms with Crippen molar-refractivity contribution < 1.29 is 4.92 Å². The van der Waals surface area contributed by atoms with Crippen molar-refractivity contribution in [3.8, 4) is 0 Å². The normalized spacial score (nSPS) is 20.1. The Morgan fingerprint density at radius 1 is 1.47 bits per heavy atom. The van der Waals surface area contributed by atoms with Crippen molar-refractivity contribution in [2.75, 3.05) is 13.1 Å². The Labute approximate surface area is 100 Å². The van der Waals surface area contributed by atoms with Crippen molar-refractivity contribution in [3.05, 3.63) is 39.9 Å². The van der Waals surface area contributed by atoms with Crippen LogP contribution < -0.4 is 10.6 Å². The third-order valence-corrected chi connectivity index (χ3v) is 3.07. The minimum Gasteiger partial charge on any atom is -0.315 e. The summed E-state index contributed by atoms with van der Waals surface area (Å²) >= 11 is 0. The molecule has 1 aromatic rings. The highest BCUT2D eigenvalue weighted by Gasteiger charge is 2.15. The standard InChI is InChI=1S/C12H17N3O2/c16-15(17)12-6-2-1-4-10(12)8-14-11-5-3-7-13-9-11/h1-2,4,6,11,13-14H,3,5,7-9H2. The first-order valence-corrected chi connectivity index (χ1v) is 5.94. The summed E-state index contributed by atoms with van der Waals surface area (Å²) in [4.78, 5) is 10.5. The van der Waals surface area contributed by atoms with Crippen LogP contribution in [0.1, 0.15) is 18.4 Å². The topological polar surface area (TPSA) is 67.2 Å². The number of benzene rings is 1. The van der Waals surface area contributed by atoms with Gasteiger partial charge < -0.3 is 10.6 Å². The second-order valence-corrected chi connectivity index (χ2v) is 4.31. The van der Waals surface area contributed by atoms with Crippen LogP contribution >= 0.6 is 0 Å². The predicted molar refractivity (Wildman–Crippen MR) is 65.8 cm³/mol. The number of nitro groups is 1. The molecule has 0 aliphatic carbocycles. The van der Waals surface area contributed by atoms with E-state index in [1.165, 1.54) is 0 Å². The molecule has 17 heavy (non-hydrogen) atoms. The van der Waals surface area contributed by atoms with Crippen LogP contribution in [-0.2, 0) is 6.54 Å². The van der Waals surface area contributed by atoms with Crippen molar-refractivity contribution in [2.45, 2.75) is 25.4 Å². The minimum absolute atomic E-state index is 0.198. The monoisotopic (exact) mass is 235 g/mol. The lowest BCUT2D eigenvalue weighted by atomic mass is 10.1. The Morgan fingerprint density at radius 3 is 3.00 bits per heavy atom. The first-order valence-electron chi connectivity index (χ1n) is 5.94. The Hall–Kier alpha value is -1.46. The number of nitro benzene ring substituents is 1. The zero-order valence-corrected chi connectivity index (χ0v) is 9.69. The number of nitrogens with zero attached hydrogens (tertiary/aromatic N) is 1. The Balaban J connectivity index is 1.96. The van der Waals surface area contributed by atoms with Crippen molar-refractivity contribution in [1.82, 2.24) is 10.6 Å². The van der Waals surface area contributed by atoms with Gasteiger partial charge in [0.1, 0.15) is 0 Å². The fraction of sp³-hybridized carbons (Fsp3) is 0.500. The molecule has 2 N–H and O–H groups in total. The third kappa shape index (κ3) is 3.25. The van der Waals surface area contributed by atoms with Gasteiger partial charge in [0.25, 0.3) is 5.69 Å². The quantitative estimate of drug-likeness (QED) is 0.612. The van der Waals surface area contributed by atoms with Gasteiger partial charge in [-0.1, -0.05) is 18.2 Å². The smallest absolute Gasteiger partial charge is 0.273 e. The summed E-state index contributed by atoms with van der Waals surface area (Å²) in [5, 5.41) is 17.5. The summed E-state index contributed by atoms with van der Waals surface area (Å²) in [5.74, 6) is 0. The van der Waals surface area contributed by atoms with E-state index in [1.54, 1.807) is 18.2 Å². The zero-order valence-electron chi connectivity index (χ0n) is 9.69. The molecule has 92 valence electrons. The Kier molecular flexibility index (Phi) is 4.06. The van der Waals surface area contributed by atoms with Crippen LogP contribution in [0, 0.1) is 10.1 Å². The maximum atomic E-state index is 10.8. The molecule has 1 fully saturated rings. The fourth-order valence-electron chi connectivity index (χ4n) is 2.12. The molecule has 0 bridgehead atoms. The predicted octanol–water partition coefficient (Wildman–Crippen LogP) is 1.44. The van der Waals surface area contributed by atoms with E-state index in [1.807, 2.05) is 6.07 Å². The summed E-state index contributed by atoms with van der Waals surface area (Å²) in [6.45, 7) is 2.58. The van der Waals surface area contributed by atoms with Crippen LogP contribution in [0.15, 0.2) is 24.3 Å². The van der Waals surface area contributed by atoms with E-state index in [2.05, 4.69) is 10.6 Å². The summed E-state index contributed by atoms with van der Waals surface area (Å²) < 4.78 is 0. The second-order valence-electron chi connectivity index (χ2n) is 4.31. The number of hydrogen-bond acceptors (Lipinski definition) is 4. The molecule has 1 heterocycles. The molecule has 0 aromatic heterocycles. The van der Waals surface area contributed by atoms with E-state index in [-0.39, 0.29) is 10.6 Å². The Morgan fingerprint density at radius 2 is 2.29 bits per heavy atom. The maximum Gasteiger partial charge on any atom is 0.273 e. The zero-order chi connectivity index (χ0) is 12.1. The van der Waals surface area contributed by atoms with Gasteiger partial charge in [-0.25, -0.2) is 0 Å². The molecule has 1 aliphatic rings. The van der Waals surface area contributed by atoms with Gasteiger partial charge in [-0.15, -0.1) is 0 Å². The molecule has 5 heteroatoms. The number of rotatable bonds is 4. The van der Waals surface area contributed by atoms with E-state index in [0.29, 0.717) is 12.6 Å². The first-order chi connectivity index (χ1) is 8.27. The van der Waals surface area contributed by atoms with Crippen LogP contribution in [0.5, 0.6) is 0 Å². The fourth-order valence-corrected chi connectivity index (χ4v) is 2.12. The average Bonchev–Trinajstić information content (AvgIpc) is 2.38. The molecule has 0 spiro atoms. The van der Waals surface area contributed by atoms with Crippen LogP contribution in [0.3, 0.4) is 0 Å². The first kappa shape index (κ1) is 12.0. The molecule has 1 atom stereocenters. The highest BCUT2D eigenvalue weighted by Crippen LogP contribution is 2.17. The highest BCUT2D eigenvalue weighted by atomic mass is 16.6. The van der Waals surface area contributed by atoms with Gasteiger partial charge in [-0.3, -0.25) is 10.1 Å².